The molecule has 19 heavy (non-hydrogen) atoms. The standard InChI is InChI=1S/C13H21N5O/c1-9-10(2)15-16-13(14-9)17(3)11-4-5-18-6-7-19-12(11)8-18/h11-12H,4-8H2,1-3H3. The van der Waals surface area contributed by atoms with E-state index >= 15 is 0 Å². The maximum atomic E-state index is 5.90. The Kier molecular flexibility index (Phi) is 3.36. The molecule has 2 bridgehead atoms. The van der Waals surface area contributed by atoms with Crippen molar-refractivity contribution < 1.29 is 4.74 Å². The molecule has 1 aromatic rings. The molecule has 0 aliphatic carbocycles. The van der Waals surface area contributed by atoms with Crippen LogP contribution in [0.25, 0.3) is 0 Å². The Morgan fingerprint density at radius 2 is 2.05 bits per heavy atom. The minimum absolute atomic E-state index is 0.262. The first kappa shape index (κ1) is 12.7. The topological polar surface area (TPSA) is 54.4 Å². The quantitative estimate of drug-likeness (QED) is 0.770. The van der Waals surface area contributed by atoms with Crippen LogP contribution in [0, 0.1) is 13.8 Å². The van der Waals surface area contributed by atoms with Crippen LogP contribution in [0.5, 0.6) is 0 Å². The number of fused-ring (bicyclic) bond motifs is 2. The fourth-order valence-electron chi connectivity index (χ4n) is 2.85. The first-order chi connectivity index (χ1) is 9.15. The van der Waals surface area contributed by atoms with E-state index in [2.05, 4.69) is 25.0 Å². The molecule has 0 spiro atoms. The molecule has 104 valence electrons. The zero-order valence-corrected chi connectivity index (χ0v) is 11.8. The fraction of sp³-hybridized carbons (Fsp3) is 0.769. The van der Waals surface area contributed by atoms with E-state index in [1.807, 2.05) is 20.9 Å². The molecule has 0 amide bonds. The van der Waals surface area contributed by atoms with Crippen molar-refractivity contribution in [2.75, 3.05) is 38.2 Å². The van der Waals surface area contributed by atoms with Gasteiger partial charge in [-0.15, -0.1) is 5.10 Å². The van der Waals surface area contributed by atoms with Crippen LogP contribution in [0.4, 0.5) is 5.95 Å². The summed E-state index contributed by atoms with van der Waals surface area (Å²) in [5, 5.41) is 8.38. The molecular weight excluding hydrogens is 242 g/mol. The molecule has 6 heteroatoms. The van der Waals surface area contributed by atoms with Gasteiger partial charge in [0.25, 0.3) is 0 Å². The molecule has 1 aromatic heterocycles. The van der Waals surface area contributed by atoms with Crippen LogP contribution in [0.3, 0.4) is 0 Å². The molecule has 3 atom stereocenters. The number of rotatable bonds is 2. The summed E-state index contributed by atoms with van der Waals surface area (Å²) in [5.41, 5.74) is 1.83. The zero-order chi connectivity index (χ0) is 13.4. The molecule has 2 saturated heterocycles. The summed E-state index contributed by atoms with van der Waals surface area (Å²) in [6, 6.07) is 0.348. The number of ether oxygens (including phenoxy) is 1. The predicted octanol–water partition coefficient (Wildman–Crippen LogP) is 0.398. The van der Waals surface area contributed by atoms with Gasteiger partial charge in [0.05, 0.1) is 30.1 Å². The van der Waals surface area contributed by atoms with Gasteiger partial charge in [-0.05, 0) is 20.3 Å². The second-order valence-electron chi connectivity index (χ2n) is 5.46. The van der Waals surface area contributed by atoms with Crippen molar-refractivity contribution in [3.63, 3.8) is 0 Å². The molecule has 2 fully saturated rings. The first-order valence-electron chi connectivity index (χ1n) is 6.90. The molecule has 0 saturated carbocycles. The van der Waals surface area contributed by atoms with Crippen molar-refractivity contribution in [2.24, 2.45) is 0 Å². The highest BCUT2D eigenvalue weighted by Crippen LogP contribution is 2.24. The van der Waals surface area contributed by atoms with Crippen molar-refractivity contribution in [1.29, 1.82) is 0 Å². The van der Waals surface area contributed by atoms with Crippen molar-refractivity contribution in [3.05, 3.63) is 11.4 Å². The van der Waals surface area contributed by atoms with E-state index in [1.54, 1.807) is 0 Å². The van der Waals surface area contributed by atoms with Crippen LogP contribution in [0.1, 0.15) is 17.8 Å². The van der Waals surface area contributed by atoms with Crippen molar-refractivity contribution in [1.82, 2.24) is 20.1 Å². The minimum atomic E-state index is 0.262. The number of morpholine rings is 1. The lowest BCUT2D eigenvalue weighted by molar-refractivity contribution is -0.0655. The maximum Gasteiger partial charge on any atom is 0.245 e. The Hall–Kier alpha value is -1.27. The van der Waals surface area contributed by atoms with Crippen LogP contribution in [0.15, 0.2) is 0 Å². The molecule has 2 aliphatic heterocycles. The van der Waals surface area contributed by atoms with Crippen LogP contribution in [-0.2, 0) is 4.74 Å². The number of nitrogens with zero attached hydrogens (tertiary/aromatic N) is 5. The minimum Gasteiger partial charge on any atom is -0.373 e. The van der Waals surface area contributed by atoms with Crippen LogP contribution < -0.4 is 4.90 Å². The summed E-state index contributed by atoms with van der Waals surface area (Å²) >= 11 is 0. The summed E-state index contributed by atoms with van der Waals surface area (Å²) in [6.07, 6.45) is 1.36. The van der Waals surface area contributed by atoms with E-state index < -0.39 is 0 Å². The number of hydrogen-bond acceptors (Lipinski definition) is 6. The highest BCUT2D eigenvalue weighted by molar-refractivity contribution is 5.31. The van der Waals surface area contributed by atoms with Gasteiger partial charge in [-0.3, -0.25) is 4.90 Å². The number of aryl methyl sites for hydroxylation is 2. The lowest BCUT2D eigenvalue weighted by Crippen LogP contribution is -2.58. The highest BCUT2D eigenvalue weighted by atomic mass is 16.5. The molecule has 3 heterocycles. The first-order valence-corrected chi connectivity index (χ1v) is 6.90. The van der Waals surface area contributed by atoms with Crippen molar-refractivity contribution in [3.8, 4) is 0 Å². The van der Waals surface area contributed by atoms with E-state index in [1.165, 1.54) is 0 Å². The summed E-state index contributed by atoms with van der Waals surface area (Å²) < 4.78 is 5.90. The van der Waals surface area contributed by atoms with E-state index in [-0.39, 0.29) is 6.10 Å². The van der Waals surface area contributed by atoms with Crippen LogP contribution in [-0.4, -0.2) is 65.5 Å². The Labute approximate surface area is 113 Å². The third-order valence-electron chi connectivity index (χ3n) is 4.24. The van der Waals surface area contributed by atoms with Crippen molar-refractivity contribution in [2.45, 2.75) is 32.4 Å². The van der Waals surface area contributed by atoms with E-state index in [0.717, 1.165) is 44.0 Å². The van der Waals surface area contributed by atoms with Crippen LogP contribution in [0.2, 0.25) is 0 Å². The average Bonchev–Trinajstić information content (AvgIpc) is 2.42. The molecule has 0 N–H and O–H groups in total. The lowest BCUT2D eigenvalue weighted by atomic mass is 9.99. The predicted molar refractivity (Wildman–Crippen MR) is 72.3 cm³/mol. The Balaban J connectivity index is 1.78. The smallest absolute Gasteiger partial charge is 0.245 e. The molecule has 2 aliphatic rings. The SMILES string of the molecule is Cc1nnc(N(C)C2CCN3CCOC2C3)nc1C. The third kappa shape index (κ3) is 2.42. The number of likely N-dealkylation sites (N-methyl/N-ethyl adjacent to an activating group) is 1. The molecule has 3 rings (SSSR count). The number of hydrogen-bond donors (Lipinski definition) is 0. The summed E-state index contributed by atoms with van der Waals surface area (Å²) in [6.45, 7) is 7.96. The van der Waals surface area contributed by atoms with Gasteiger partial charge in [-0.25, -0.2) is 4.98 Å². The normalized spacial score (nSPS) is 30.2. The Morgan fingerprint density at radius 1 is 1.21 bits per heavy atom. The van der Waals surface area contributed by atoms with Gasteiger partial charge in [0.2, 0.25) is 5.95 Å². The zero-order valence-electron chi connectivity index (χ0n) is 11.8. The molecular formula is C13H21N5O. The third-order valence-corrected chi connectivity index (χ3v) is 4.24. The maximum absolute atomic E-state index is 5.90. The van der Waals surface area contributed by atoms with Gasteiger partial charge in [0, 0.05) is 26.7 Å². The highest BCUT2D eigenvalue weighted by Gasteiger charge is 2.36. The fourth-order valence-corrected chi connectivity index (χ4v) is 2.85. The monoisotopic (exact) mass is 263 g/mol. The number of piperidine rings is 1. The second-order valence-corrected chi connectivity index (χ2v) is 5.46. The van der Waals surface area contributed by atoms with Gasteiger partial charge in [0.15, 0.2) is 0 Å². The van der Waals surface area contributed by atoms with Crippen LogP contribution >= 0.6 is 0 Å². The van der Waals surface area contributed by atoms with E-state index in [0.29, 0.717) is 12.0 Å². The van der Waals surface area contributed by atoms with Gasteiger partial charge < -0.3 is 9.64 Å². The van der Waals surface area contributed by atoms with E-state index in [4.69, 9.17) is 4.74 Å². The number of aromatic nitrogens is 3. The number of anilines is 1. The lowest BCUT2D eigenvalue weighted by Gasteiger charge is -2.45. The Morgan fingerprint density at radius 3 is 2.84 bits per heavy atom. The van der Waals surface area contributed by atoms with E-state index in [9.17, 15) is 0 Å². The van der Waals surface area contributed by atoms with Gasteiger partial charge in [-0.2, -0.15) is 5.10 Å². The van der Waals surface area contributed by atoms with Gasteiger partial charge in [-0.1, -0.05) is 0 Å². The van der Waals surface area contributed by atoms with Crippen molar-refractivity contribution >= 4 is 5.95 Å². The molecule has 0 radical (unpaired) electrons. The molecule has 6 nitrogen and oxygen atoms in total. The average molecular weight is 263 g/mol. The van der Waals surface area contributed by atoms with Gasteiger partial charge >= 0.3 is 0 Å². The summed E-state index contributed by atoms with van der Waals surface area (Å²) in [7, 11) is 2.05. The Bertz CT molecular complexity index is 466. The summed E-state index contributed by atoms with van der Waals surface area (Å²) in [4.78, 5) is 9.14. The molecule has 0 aromatic carbocycles. The van der Waals surface area contributed by atoms with Gasteiger partial charge in [0.1, 0.15) is 0 Å². The second kappa shape index (κ2) is 5.02. The summed E-state index contributed by atoms with van der Waals surface area (Å²) in [5.74, 6) is 0.704. The molecule has 3 unspecified atom stereocenters. The largest absolute Gasteiger partial charge is 0.373 e.